The molecule has 10 nitrogen and oxygen atoms in total. The van der Waals surface area contributed by atoms with Crippen molar-refractivity contribution in [1.29, 1.82) is 0 Å². The average molecular weight is 580 g/mol. The molecule has 0 bridgehead atoms. The summed E-state index contributed by atoms with van der Waals surface area (Å²) in [5, 5.41) is 3.26. The monoisotopic (exact) mass is 579 g/mol. The summed E-state index contributed by atoms with van der Waals surface area (Å²) in [6.45, 7) is 3.98. The average Bonchev–Trinajstić information content (AvgIpc) is 3.31. The van der Waals surface area contributed by atoms with Gasteiger partial charge in [0.25, 0.3) is 0 Å². The largest absolute Gasteiger partial charge is 0.493 e. The molecule has 1 N–H and O–H groups in total. The molecule has 0 aliphatic carbocycles. The Bertz CT molecular complexity index is 1190. The molecule has 5 rings (SSSR count). The molecule has 1 aromatic carbocycles. The number of fused-ring (bicyclic) bond motifs is 2. The van der Waals surface area contributed by atoms with Crippen LogP contribution < -0.4 is 10.1 Å². The third-order valence-corrected chi connectivity index (χ3v) is 7.54. The number of aromatic nitrogens is 2. The normalized spacial score (nSPS) is 19.6. The summed E-state index contributed by atoms with van der Waals surface area (Å²) in [6, 6.07) is 5.21. The summed E-state index contributed by atoms with van der Waals surface area (Å²) < 4.78 is 58.9. The van der Waals surface area contributed by atoms with Crippen LogP contribution in [0.2, 0.25) is 0 Å². The Morgan fingerprint density at radius 3 is 2.76 bits per heavy atom. The van der Waals surface area contributed by atoms with Crippen LogP contribution in [0.1, 0.15) is 29.7 Å². The highest BCUT2D eigenvalue weighted by Gasteiger charge is 2.38. The van der Waals surface area contributed by atoms with Crippen molar-refractivity contribution in [3.8, 4) is 5.75 Å². The van der Waals surface area contributed by atoms with E-state index in [1.807, 2.05) is 6.20 Å². The Morgan fingerprint density at radius 1 is 1.15 bits per heavy atom. The molecule has 1 saturated heterocycles. The fraction of sp³-hybridized carbons (Fsp3) is 0.607. The number of carbonyl (C=O) groups is 2. The first-order valence-electron chi connectivity index (χ1n) is 14.1. The van der Waals surface area contributed by atoms with Crippen LogP contribution >= 0.6 is 0 Å². The molecule has 4 heterocycles. The highest BCUT2D eigenvalue weighted by atomic mass is 19.4. The molecule has 1 fully saturated rings. The minimum absolute atomic E-state index is 0.147. The minimum Gasteiger partial charge on any atom is -0.493 e. The van der Waals surface area contributed by atoms with Crippen molar-refractivity contribution in [3.63, 3.8) is 0 Å². The number of anilines is 1. The molecule has 1 atom stereocenters. The Hall–Kier alpha value is -3.32. The number of imidazole rings is 1. The van der Waals surface area contributed by atoms with Gasteiger partial charge < -0.3 is 29.0 Å². The van der Waals surface area contributed by atoms with E-state index in [2.05, 4.69) is 19.8 Å². The van der Waals surface area contributed by atoms with E-state index in [0.29, 0.717) is 49.7 Å². The fourth-order valence-corrected chi connectivity index (χ4v) is 5.44. The van der Waals surface area contributed by atoms with Gasteiger partial charge in [0.15, 0.2) is 0 Å². The van der Waals surface area contributed by atoms with Gasteiger partial charge in [-0.2, -0.15) is 13.2 Å². The summed E-state index contributed by atoms with van der Waals surface area (Å²) in [4.78, 5) is 33.2. The smallest absolute Gasteiger partial charge is 0.406 e. The number of esters is 1. The van der Waals surface area contributed by atoms with E-state index in [4.69, 9.17) is 14.2 Å². The van der Waals surface area contributed by atoms with Gasteiger partial charge in [-0.15, -0.1) is 0 Å². The molecule has 0 radical (unpaired) electrons. The minimum atomic E-state index is -4.57. The number of halogens is 3. The van der Waals surface area contributed by atoms with Crippen LogP contribution in [0.25, 0.3) is 0 Å². The third kappa shape index (κ3) is 8.13. The predicted octanol–water partition coefficient (Wildman–Crippen LogP) is 2.65. The number of nitrogens with zero attached hydrogens (tertiary/aromatic N) is 4. The van der Waals surface area contributed by atoms with Crippen molar-refractivity contribution in [2.24, 2.45) is 5.92 Å². The van der Waals surface area contributed by atoms with Crippen molar-refractivity contribution in [1.82, 2.24) is 19.4 Å². The summed E-state index contributed by atoms with van der Waals surface area (Å²) >= 11 is 0. The molecule has 224 valence electrons. The van der Waals surface area contributed by atoms with Crippen LogP contribution in [0.4, 0.5) is 19.1 Å². The Kier molecular flexibility index (Phi) is 9.33. The van der Waals surface area contributed by atoms with E-state index in [0.717, 1.165) is 49.1 Å². The Morgan fingerprint density at radius 2 is 1.98 bits per heavy atom. The van der Waals surface area contributed by atoms with Gasteiger partial charge >= 0.3 is 12.1 Å². The Labute approximate surface area is 236 Å². The second kappa shape index (κ2) is 13.1. The lowest BCUT2D eigenvalue weighted by Gasteiger charge is -2.26. The maximum atomic E-state index is 13.4. The standard InChI is InChI=1S/C28H36F3N5O5/c29-28(30,31)19-36-17-22-15-24(40-10-4-23-18-35-6-1-5-32-27(35)33-23)3-2-20(22)14-21(26(36)38)16-25(37)41-13-9-34-7-11-39-12-8-34/h2-3,15,18,21H,1,4-14,16-17,19H2,(H,32,33)/t21-/m0/s1. The van der Waals surface area contributed by atoms with Gasteiger partial charge in [0.1, 0.15) is 18.9 Å². The molecule has 2 aromatic rings. The topological polar surface area (TPSA) is 98.2 Å². The maximum Gasteiger partial charge on any atom is 0.406 e. The number of ether oxygens (including phenoxy) is 3. The zero-order valence-corrected chi connectivity index (χ0v) is 23.0. The third-order valence-electron chi connectivity index (χ3n) is 7.54. The fourth-order valence-electron chi connectivity index (χ4n) is 5.44. The van der Waals surface area contributed by atoms with Crippen molar-refractivity contribution < 1.29 is 37.0 Å². The number of amides is 1. The SMILES string of the molecule is O=C(C[C@@H]1Cc2ccc(OCCc3cn4c(n3)NCCC4)cc2CN(CC(F)(F)F)C1=O)OCCN1CCOCC1. The summed E-state index contributed by atoms with van der Waals surface area (Å²) in [5.74, 6) is -0.888. The van der Waals surface area contributed by atoms with Gasteiger partial charge in [-0.1, -0.05) is 6.07 Å². The molecule has 0 unspecified atom stereocenters. The quantitative estimate of drug-likeness (QED) is 0.430. The first-order chi connectivity index (χ1) is 19.7. The molecule has 0 saturated carbocycles. The summed E-state index contributed by atoms with van der Waals surface area (Å²) in [6.07, 6.45) is -1.09. The Balaban J connectivity index is 1.21. The molecule has 0 spiro atoms. The second-order valence-electron chi connectivity index (χ2n) is 10.6. The number of rotatable bonds is 10. The number of carbonyl (C=O) groups excluding carboxylic acids is 2. The van der Waals surface area contributed by atoms with Crippen LogP contribution in [0, 0.1) is 5.92 Å². The van der Waals surface area contributed by atoms with Gasteiger partial charge in [-0.3, -0.25) is 14.5 Å². The number of hydrogen-bond acceptors (Lipinski definition) is 8. The number of alkyl halides is 3. The zero-order valence-electron chi connectivity index (χ0n) is 23.0. The van der Waals surface area contributed by atoms with Crippen LogP contribution in [0.3, 0.4) is 0 Å². The van der Waals surface area contributed by atoms with Crippen molar-refractivity contribution in [2.75, 3.05) is 64.5 Å². The van der Waals surface area contributed by atoms with E-state index in [-0.39, 0.29) is 26.0 Å². The number of morpholine rings is 1. The molecule has 3 aliphatic rings. The molecule has 1 aromatic heterocycles. The summed E-state index contributed by atoms with van der Waals surface area (Å²) in [7, 11) is 0. The lowest BCUT2D eigenvalue weighted by molar-refractivity contribution is -0.166. The maximum absolute atomic E-state index is 13.4. The van der Waals surface area contributed by atoms with Gasteiger partial charge in [0, 0.05) is 51.9 Å². The lowest BCUT2D eigenvalue weighted by Crippen LogP contribution is -2.41. The molecule has 41 heavy (non-hydrogen) atoms. The molecule has 1 amide bonds. The van der Waals surface area contributed by atoms with E-state index >= 15 is 0 Å². The van der Waals surface area contributed by atoms with E-state index in [1.165, 1.54) is 0 Å². The lowest BCUT2D eigenvalue weighted by atomic mass is 9.94. The van der Waals surface area contributed by atoms with Crippen LogP contribution in [-0.4, -0.2) is 96.6 Å². The number of hydrogen-bond donors (Lipinski definition) is 1. The highest BCUT2D eigenvalue weighted by Crippen LogP contribution is 2.30. The zero-order chi connectivity index (χ0) is 28.8. The predicted molar refractivity (Wildman–Crippen MR) is 142 cm³/mol. The van der Waals surface area contributed by atoms with Crippen LogP contribution in [0.15, 0.2) is 24.4 Å². The molecular formula is C28H36F3N5O5. The number of benzene rings is 1. The molecule has 3 aliphatic heterocycles. The molecular weight excluding hydrogens is 543 g/mol. The van der Waals surface area contributed by atoms with Crippen molar-refractivity contribution in [3.05, 3.63) is 41.2 Å². The first-order valence-corrected chi connectivity index (χ1v) is 14.1. The van der Waals surface area contributed by atoms with Gasteiger partial charge in [-0.05, 0) is 36.1 Å². The van der Waals surface area contributed by atoms with Gasteiger partial charge in [0.05, 0.1) is 37.9 Å². The van der Waals surface area contributed by atoms with Crippen molar-refractivity contribution >= 4 is 17.8 Å². The number of nitrogens with one attached hydrogen (secondary N) is 1. The van der Waals surface area contributed by atoms with Gasteiger partial charge in [0.2, 0.25) is 11.9 Å². The van der Waals surface area contributed by atoms with Crippen molar-refractivity contribution in [2.45, 2.75) is 44.9 Å². The van der Waals surface area contributed by atoms with E-state index < -0.39 is 30.5 Å². The number of aryl methyl sites for hydroxylation is 1. The van der Waals surface area contributed by atoms with Gasteiger partial charge in [-0.25, -0.2) is 4.98 Å². The highest BCUT2D eigenvalue weighted by molar-refractivity contribution is 5.84. The first kappa shape index (κ1) is 29.2. The van der Waals surface area contributed by atoms with Crippen LogP contribution in [0.5, 0.6) is 5.75 Å². The van der Waals surface area contributed by atoms with E-state index in [1.54, 1.807) is 18.2 Å². The molecule has 13 heteroatoms. The van der Waals surface area contributed by atoms with E-state index in [9.17, 15) is 22.8 Å². The van der Waals surface area contributed by atoms with Crippen LogP contribution in [-0.2, 0) is 45.0 Å². The summed E-state index contributed by atoms with van der Waals surface area (Å²) in [5.41, 5.74) is 2.19. The second-order valence-corrected chi connectivity index (χ2v) is 10.6.